The summed E-state index contributed by atoms with van der Waals surface area (Å²) in [6, 6.07) is 0.0289. The Labute approximate surface area is 289 Å². The van der Waals surface area contributed by atoms with Crippen LogP contribution in [0.1, 0.15) is 126 Å². The quantitative estimate of drug-likeness (QED) is 0.175. The number of nitrogens with one attached hydrogen (secondary N) is 6. The van der Waals surface area contributed by atoms with Crippen molar-refractivity contribution in [3.63, 3.8) is 0 Å². The van der Waals surface area contributed by atoms with Gasteiger partial charge >= 0.3 is 12.1 Å². The van der Waals surface area contributed by atoms with E-state index in [2.05, 4.69) is 78.1 Å². The number of aryl methyl sites for hydroxylation is 1. The van der Waals surface area contributed by atoms with E-state index in [1.165, 1.54) is 6.92 Å². The molecule has 0 bridgehead atoms. The summed E-state index contributed by atoms with van der Waals surface area (Å²) in [5.74, 6) is 0.0152. The molecule has 0 radical (unpaired) electrons. The van der Waals surface area contributed by atoms with Gasteiger partial charge in [0, 0.05) is 44.1 Å². The van der Waals surface area contributed by atoms with Gasteiger partial charge in [0.2, 0.25) is 11.9 Å². The first-order chi connectivity index (χ1) is 22.3. The Morgan fingerprint density at radius 3 is 1.90 bits per heavy atom. The smallest absolute Gasteiger partial charge is 0.407 e. The highest BCUT2D eigenvalue weighted by Crippen LogP contribution is 2.46. The van der Waals surface area contributed by atoms with Gasteiger partial charge in [-0.2, -0.15) is 0 Å². The van der Waals surface area contributed by atoms with E-state index in [1.54, 1.807) is 6.92 Å². The van der Waals surface area contributed by atoms with Crippen molar-refractivity contribution in [3.05, 3.63) is 21.6 Å². The number of aromatic nitrogens is 2. The van der Waals surface area contributed by atoms with E-state index in [0.29, 0.717) is 30.4 Å². The fourth-order valence-electron chi connectivity index (χ4n) is 8.12. The van der Waals surface area contributed by atoms with E-state index < -0.39 is 17.7 Å². The minimum absolute atomic E-state index is 0.00393. The van der Waals surface area contributed by atoms with Crippen LogP contribution in [0.4, 0.5) is 15.5 Å². The maximum atomic E-state index is 12.8. The summed E-state index contributed by atoms with van der Waals surface area (Å²) in [7, 11) is 1.98. The number of carbonyl (C=O) groups is 3. The number of alkyl carbamates (subject to hydrolysis) is 1. The molecule has 0 saturated heterocycles. The van der Waals surface area contributed by atoms with Gasteiger partial charge in [0.1, 0.15) is 0 Å². The molecule has 3 rings (SSSR count). The fourth-order valence-corrected chi connectivity index (χ4v) is 8.12. The molecule has 4 amide bonds. The molecule has 2 aliphatic rings. The molecule has 276 valence electrons. The Balaban J connectivity index is 0.00000277. The molecule has 2 fully saturated rings. The van der Waals surface area contributed by atoms with Gasteiger partial charge in [-0.15, -0.1) is 0 Å². The summed E-state index contributed by atoms with van der Waals surface area (Å²) >= 11 is 0. The van der Waals surface area contributed by atoms with Crippen LogP contribution in [-0.2, 0) is 16.0 Å². The number of hydrogen-bond acceptors (Lipinski definition) is 7. The van der Waals surface area contributed by atoms with Crippen LogP contribution < -0.4 is 32.1 Å². The Kier molecular flexibility index (Phi) is 16.6. The Hall–Kier alpha value is -3.15. The number of nitrogens with zero attached hydrogens (tertiary/aromatic N) is 1. The van der Waals surface area contributed by atoms with Crippen molar-refractivity contribution in [1.29, 1.82) is 0 Å². The summed E-state index contributed by atoms with van der Waals surface area (Å²) < 4.78 is 5.37. The van der Waals surface area contributed by atoms with Gasteiger partial charge in [-0.3, -0.25) is 19.9 Å². The largest absolute Gasteiger partial charge is 0.449 e. The Morgan fingerprint density at radius 2 is 1.38 bits per heavy atom. The molecule has 1 aromatic rings. The standard InChI is InChI=1S/C32H55N7O5.2C2H6/c1-20-24(10-11-44-28(43)35-19-32(8)15-23(37-21(2)40)13-30(5,6)17-32)25(41)38-26(36-20)39-27(42)34-18-31(7)14-22(33-9)12-29(3,4)16-31;2*1-2/h22-23,33H,10-19H2,1-9H3,(H,35,43)(H,37,40)(H3,34,36,38,39,41,42);2*1-2H3. The van der Waals surface area contributed by atoms with Gasteiger partial charge in [0.25, 0.3) is 5.56 Å². The first-order valence-corrected chi connectivity index (χ1v) is 17.8. The molecule has 48 heavy (non-hydrogen) atoms. The summed E-state index contributed by atoms with van der Waals surface area (Å²) in [6.45, 7) is 25.3. The predicted octanol–water partition coefficient (Wildman–Crippen LogP) is 6.05. The molecule has 4 unspecified atom stereocenters. The van der Waals surface area contributed by atoms with Crippen LogP contribution in [-0.4, -0.2) is 66.8 Å². The molecule has 1 aromatic heterocycles. The Bertz CT molecular complexity index is 1260. The minimum atomic E-state index is -0.557. The second-order valence-electron chi connectivity index (χ2n) is 15.5. The number of hydrogen-bond donors (Lipinski definition) is 6. The molecule has 12 nitrogen and oxygen atoms in total. The second kappa shape index (κ2) is 18.6. The van der Waals surface area contributed by atoms with Gasteiger partial charge in [-0.25, -0.2) is 14.6 Å². The van der Waals surface area contributed by atoms with Crippen molar-refractivity contribution < 1.29 is 19.1 Å². The van der Waals surface area contributed by atoms with Crippen LogP contribution in [0, 0.1) is 28.6 Å². The van der Waals surface area contributed by atoms with E-state index in [4.69, 9.17) is 4.74 Å². The summed E-state index contributed by atoms with van der Waals surface area (Å²) in [4.78, 5) is 56.6. The molecule has 1 heterocycles. The average Bonchev–Trinajstić information content (AvgIpc) is 2.96. The topological polar surface area (TPSA) is 166 Å². The lowest BCUT2D eigenvalue weighted by Crippen LogP contribution is -2.50. The zero-order valence-corrected chi connectivity index (χ0v) is 32.2. The predicted molar refractivity (Wildman–Crippen MR) is 194 cm³/mol. The van der Waals surface area contributed by atoms with Gasteiger partial charge < -0.3 is 26.0 Å². The first kappa shape index (κ1) is 42.9. The molecule has 6 N–H and O–H groups in total. The maximum absolute atomic E-state index is 12.8. The summed E-state index contributed by atoms with van der Waals surface area (Å²) in [5.41, 5.74) is 0.395. The van der Waals surface area contributed by atoms with Crippen molar-refractivity contribution in [2.75, 3.05) is 32.1 Å². The van der Waals surface area contributed by atoms with Crippen LogP contribution in [0.3, 0.4) is 0 Å². The number of aromatic amines is 1. The SMILES string of the molecule is CC.CC.CNC1CC(C)(C)CC(C)(CNC(=O)Nc2nc(C)c(CCOC(=O)NCC3(C)CC(NC(C)=O)CC(C)(C)C3)c(=O)[nH]2)C1. The van der Waals surface area contributed by atoms with Crippen LogP contribution >= 0.6 is 0 Å². The number of urea groups is 1. The van der Waals surface area contributed by atoms with Crippen molar-refractivity contribution in [3.8, 4) is 0 Å². The minimum Gasteiger partial charge on any atom is -0.449 e. The zero-order chi connectivity index (χ0) is 36.9. The van der Waals surface area contributed by atoms with Crippen molar-refractivity contribution in [2.24, 2.45) is 21.7 Å². The number of carbonyl (C=O) groups excluding carboxylic acids is 3. The lowest BCUT2D eigenvalue weighted by atomic mass is 9.62. The molecule has 0 spiro atoms. The van der Waals surface area contributed by atoms with Gasteiger partial charge in [0.05, 0.1) is 12.3 Å². The molecule has 0 aliphatic heterocycles. The zero-order valence-electron chi connectivity index (χ0n) is 32.2. The third kappa shape index (κ3) is 14.1. The maximum Gasteiger partial charge on any atom is 0.407 e. The fraction of sp³-hybridized carbons (Fsp3) is 0.806. The average molecular weight is 678 g/mol. The molecular weight excluding hydrogens is 610 g/mol. The van der Waals surface area contributed by atoms with Crippen LogP contribution in [0.5, 0.6) is 0 Å². The van der Waals surface area contributed by atoms with Crippen LogP contribution in [0.2, 0.25) is 0 Å². The summed E-state index contributed by atoms with van der Waals surface area (Å²) in [5, 5.41) is 14.9. The van der Waals surface area contributed by atoms with Crippen LogP contribution in [0.15, 0.2) is 4.79 Å². The lowest BCUT2D eigenvalue weighted by Gasteiger charge is -2.46. The highest BCUT2D eigenvalue weighted by atomic mass is 16.5. The van der Waals surface area contributed by atoms with E-state index in [-0.39, 0.29) is 52.6 Å². The molecule has 4 atom stereocenters. The molecule has 0 aromatic carbocycles. The van der Waals surface area contributed by atoms with Crippen molar-refractivity contribution in [2.45, 2.75) is 140 Å². The molecule has 2 saturated carbocycles. The molecular formula is C36H67N7O5. The highest BCUT2D eigenvalue weighted by Gasteiger charge is 2.42. The monoisotopic (exact) mass is 678 g/mol. The third-order valence-corrected chi connectivity index (χ3v) is 9.08. The van der Waals surface area contributed by atoms with E-state index in [1.807, 2.05) is 34.7 Å². The molecule has 2 aliphatic carbocycles. The summed E-state index contributed by atoms with van der Waals surface area (Å²) in [6.07, 6.45) is 5.25. The van der Waals surface area contributed by atoms with Gasteiger partial charge in [-0.05, 0) is 74.2 Å². The van der Waals surface area contributed by atoms with Crippen molar-refractivity contribution >= 4 is 24.0 Å². The van der Waals surface area contributed by atoms with E-state index >= 15 is 0 Å². The lowest BCUT2D eigenvalue weighted by molar-refractivity contribution is -0.120. The number of anilines is 1. The van der Waals surface area contributed by atoms with Gasteiger partial charge in [-0.1, -0.05) is 69.2 Å². The van der Waals surface area contributed by atoms with Crippen LogP contribution in [0.25, 0.3) is 0 Å². The highest BCUT2D eigenvalue weighted by molar-refractivity contribution is 5.87. The molecule has 12 heteroatoms. The number of amides is 4. The first-order valence-electron chi connectivity index (χ1n) is 17.8. The Morgan fingerprint density at radius 1 is 0.854 bits per heavy atom. The number of ether oxygens (including phenoxy) is 1. The second-order valence-corrected chi connectivity index (χ2v) is 15.5. The van der Waals surface area contributed by atoms with Crippen molar-refractivity contribution in [1.82, 2.24) is 31.2 Å². The van der Waals surface area contributed by atoms with E-state index in [0.717, 1.165) is 38.5 Å². The third-order valence-electron chi connectivity index (χ3n) is 9.08. The number of rotatable bonds is 10. The number of H-pyrrole nitrogens is 1. The normalized spacial score (nSPS) is 25.5. The van der Waals surface area contributed by atoms with E-state index in [9.17, 15) is 19.2 Å². The van der Waals surface area contributed by atoms with Gasteiger partial charge in [0.15, 0.2) is 0 Å².